The van der Waals surface area contributed by atoms with Crippen LogP contribution in [-0.4, -0.2) is 90.8 Å². The monoisotopic (exact) mass is 960 g/mol. The van der Waals surface area contributed by atoms with Crippen LogP contribution in [0.2, 0.25) is 24.7 Å². The smallest absolute Gasteiger partial charge is 0.419 e. The summed E-state index contributed by atoms with van der Waals surface area (Å²) in [5.74, 6) is -1.71. The summed E-state index contributed by atoms with van der Waals surface area (Å²) in [4.78, 5) is 38.9. The summed E-state index contributed by atoms with van der Waals surface area (Å²) in [7, 11) is -2.27. The standard InChI is InChI=1S/C51H75NO8Si2.C3H6O2/c1-13-51(14-2,60-61(10,11)12)36-38(37-58-62(50(6,7)8,39-25-17-15-18-26-39)40-27-19-16-20-28-40)35-43(47(53)55-9)46-42(32-34-57-45-31-23-24-33-56-45)41-29-21-22-30-44(41)52(46)48(54)59-49(3,4)5;1-3(4)5-2/h15-22,25-30,38,43,45H,13-14,23-24,31-37H2,1-12H3;1-2H3/t38-,43?,45?;/m1./s1. The Bertz CT molecular complexity index is 2120. The summed E-state index contributed by atoms with van der Waals surface area (Å²) in [5, 5.41) is 2.98. The minimum Gasteiger partial charge on any atom is -0.469 e. The molecule has 11 nitrogen and oxygen atoms in total. The van der Waals surface area contributed by atoms with E-state index < -0.39 is 45.8 Å². The zero-order valence-corrected chi connectivity index (χ0v) is 45.1. The molecule has 0 spiro atoms. The molecule has 3 atom stereocenters. The molecule has 0 radical (unpaired) electrons. The first-order valence-electron chi connectivity index (χ1n) is 24.2. The van der Waals surface area contributed by atoms with E-state index >= 15 is 0 Å². The van der Waals surface area contributed by atoms with E-state index in [4.69, 9.17) is 27.8 Å². The average Bonchev–Trinajstić information content (AvgIpc) is 3.61. The fraction of sp³-hybridized carbons (Fsp3) is 0.574. The molecule has 67 heavy (non-hydrogen) atoms. The third kappa shape index (κ3) is 14.9. The van der Waals surface area contributed by atoms with Crippen molar-refractivity contribution in [1.82, 2.24) is 4.57 Å². The van der Waals surface area contributed by atoms with Crippen LogP contribution in [-0.2, 0) is 48.5 Å². The summed E-state index contributed by atoms with van der Waals surface area (Å²) < 4.78 is 44.8. The highest BCUT2D eigenvalue weighted by Crippen LogP contribution is 2.43. The summed E-state index contributed by atoms with van der Waals surface area (Å²) in [6.45, 7) is 26.3. The molecular weight excluding hydrogens is 879 g/mol. The van der Waals surface area contributed by atoms with Gasteiger partial charge in [-0.2, -0.15) is 0 Å². The number of hydrogen-bond donors (Lipinski definition) is 0. The number of rotatable bonds is 19. The lowest BCUT2D eigenvalue weighted by molar-refractivity contribution is -0.161. The van der Waals surface area contributed by atoms with Crippen LogP contribution in [0, 0.1) is 5.92 Å². The molecular formula is C54H81NO10Si2. The number of methoxy groups -OCH3 is 2. The number of fused-ring (bicyclic) bond motifs is 1. The molecule has 370 valence electrons. The van der Waals surface area contributed by atoms with Crippen LogP contribution in [0.1, 0.15) is 124 Å². The third-order valence-corrected chi connectivity index (χ3v) is 18.5. The van der Waals surface area contributed by atoms with Crippen molar-refractivity contribution in [2.24, 2.45) is 5.92 Å². The van der Waals surface area contributed by atoms with Gasteiger partial charge in [0.05, 0.1) is 37.9 Å². The number of aromatic nitrogens is 1. The van der Waals surface area contributed by atoms with Gasteiger partial charge in [0.25, 0.3) is 8.32 Å². The van der Waals surface area contributed by atoms with Crippen molar-refractivity contribution in [3.8, 4) is 0 Å². The molecule has 4 aromatic rings. The first kappa shape index (κ1) is 55.5. The number of nitrogens with zero attached hydrogens (tertiary/aromatic N) is 1. The van der Waals surface area contributed by atoms with E-state index in [0.29, 0.717) is 50.3 Å². The predicted octanol–water partition coefficient (Wildman–Crippen LogP) is 11.3. The Kier molecular flexibility index (Phi) is 20.2. The molecule has 2 unspecified atom stereocenters. The lowest BCUT2D eigenvalue weighted by Crippen LogP contribution is -2.67. The third-order valence-electron chi connectivity index (χ3n) is 12.5. The van der Waals surface area contributed by atoms with Crippen LogP contribution in [0.3, 0.4) is 0 Å². The normalized spacial score (nSPS) is 15.8. The second-order valence-corrected chi connectivity index (χ2v) is 29.5. The molecule has 0 amide bonds. The van der Waals surface area contributed by atoms with Crippen LogP contribution >= 0.6 is 0 Å². The number of carbonyl (C=O) groups is 3. The predicted molar refractivity (Wildman–Crippen MR) is 273 cm³/mol. The molecule has 0 saturated carbocycles. The molecule has 1 fully saturated rings. The summed E-state index contributed by atoms with van der Waals surface area (Å²) in [6.07, 6.45) is 5.14. The van der Waals surface area contributed by atoms with Crippen molar-refractivity contribution >= 4 is 55.9 Å². The molecule has 5 rings (SSSR count). The van der Waals surface area contributed by atoms with E-state index in [0.717, 1.165) is 43.1 Å². The first-order chi connectivity index (χ1) is 31.5. The van der Waals surface area contributed by atoms with Crippen molar-refractivity contribution in [2.75, 3.05) is 34.0 Å². The van der Waals surface area contributed by atoms with E-state index in [9.17, 15) is 14.4 Å². The van der Waals surface area contributed by atoms with Crippen molar-refractivity contribution in [2.45, 2.75) is 162 Å². The van der Waals surface area contributed by atoms with Crippen LogP contribution in [0.5, 0.6) is 0 Å². The zero-order valence-electron chi connectivity index (χ0n) is 43.1. The highest BCUT2D eigenvalue weighted by Gasteiger charge is 2.51. The van der Waals surface area contributed by atoms with Gasteiger partial charge in [0.1, 0.15) is 5.60 Å². The van der Waals surface area contributed by atoms with Crippen molar-refractivity contribution in [3.63, 3.8) is 0 Å². The fourth-order valence-corrected chi connectivity index (χ4v) is 15.8. The van der Waals surface area contributed by atoms with Gasteiger partial charge >= 0.3 is 18.0 Å². The number of esters is 2. The highest BCUT2D eigenvalue weighted by molar-refractivity contribution is 6.99. The number of ether oxygens (including phenoxy) is 5. The fourth-order valence-electron chi connectivity index (χ4n) is 9.50. The highest BCUT2D eigenvalue weighted by atomic mass is 28.4. The molecule has 2 heterocycles. The minimum absolute atomic E-state index is 0.193. The molecule has 0 N–H and O–H groups in total. The van der Waals surface area contributed by atoms with Crippen molar-refractivity contribution in [3.05, 3.63) is 96.2 Å². The maximum Gasteiger partial charge on any atom is 0.419 e. The van der Waals surface area contributed by atoms with Gasteiger partial charge < -0.3 is 32.5 Å². The van der Waals surface area contributed by atoms with Crippen LogP contribution < -0.4 is 10.4 Å². The van der Waals surface area contributed by atoms with Crippen LogP contribution in [0.15, 0.2) is 84.9 Å². The SMILES string of the molecule is CCC(CC)(C[C@H](CO[Si](c1ccccc1)(c1ccccc1)C(C)(C)C)CC(C(=O)OC)c1c(CCOC2CCCCO2)c2ccccc2n1C(=O)OC(C)(C)C)O[Si](C)(C)C.COC(C)=O. The van der Waals surface area contributed by atoms with Crippen molar-refractivity contribution < 1.29 is 46.9 Å². The van der Waals surface area contributed by atoms with E-state index in [2.05, 4.69) is 120 Å². The van der Waals surface area contributed by atoms with Gasteiger partial charge in [-0.15, -0.1) is 0 Å². The molecule has 3 aromatic carbocycles. The van der Waals surface area contributed by atoms with Crippen molar-refractivity contribution in [1.29, 1.82) is 0 Å². The van der Waals surface area contributed by atoms with Gasteiger partial charge in [-0.25, -0.2) is 9.36 Å². The quantitative estimate of drug-likeness (QED) is 0.0510. The molecule has 0 aliphatic carbocycles. The molecule has 0 bridgehead atoms. The molecule has 1 aliphatic rings. The van der Waals surface area contributed by atoms with Crippen LogP contribution in [0.25, 0.3) is 10.9 Å². The lowest BCUT2D eigenvalue weighted by atomic mass is 9.80. The lowest BCUT2D eigenvalue weighted by Gasteiger charge is -2.45. The Hall–Kier alpha value is -4.12. The maximum absolute atomic E-state index is 14.7. The Labute approximate surface area is 403 Å². The Morgan fingerprint density at radius 3 is 1.85 bits per heavy atom. The molecule has 1 aliphatic heterocycles. The summed E-state index contributed by atoms with van der Waals surface area (Å²) in [6, 6.07) is 29.2. The topological polar surface area (TPSA) is 121 Å². The summed E-state index contributed by atoms with van der Waals surface area (Å²) in [5.41, 5.74) is 0.859. The largest absolute Gasteiger partial charge is 0.469 e. The number of para-hydroxylation sites is 1. The average molecular weight is 960 g/mol. The van der Waals surface area contributed by atoms with E-state index in [1.807, 2.05) is 45.0 Å². The molecule has 13 heteroatoms. The second kappa shape index (κ2) is 24.4. The second-order valence-electron chi connectivity index (χ2n) is 20.8. The van der Waals surface area contributed by atoms with Crippen LogP contribution in [0.4, 0.5) is 4.79 Å². The van der Waals surface area contributed by atoms with Gasteiger partial charge in [-0.1, -0.05) is 113 Å². The van der Waals surface area contributed by atoms with Gasteiger partial charge in [0, 0.05) is 31.2 Å². The minimum atomic E-state index is -3.00. The number of hydrogen-bond acceptors (Lipinski definition) is 10. The van der Waals surface area contributed by atoms with Gasteiger partial charge in [0.2, 0.25) is 0 Å². The Morgan fingerprint density at radius 2 is 1.37 bits per heavy atom. The maximum atomic E-state index is 14.7. The van der Waals surface area contributed by atoms with Gasteiger partial charge in [-0.05, 0) is 125 Å². The van der Waals surface area contributed by atoms with E-state index in [1.165, 1.54) is 31.5 Å². The van der Waals surface area contributed by atoms with E-state index in [1.54, 1.807) is 4.57 Å². The Morgan fingerprint density at radius 1 is 0.806 bits per heavy atom. The summed E-state index contributed by atoms with van der Waals surface area (Å²) >= 11 is 0. The van der Waals surface area contributed by atoms with E-state index in [-0.39, 0.29) is 23.2 Å². The Balaban J connectivity index is 0.00000186. The zero-order chi connectivity index (χ0) is 49.6. The first-order valence-corrected chi connectivity index (χ1v) is 29.5. The number of carbonyl (C=O) groups excluding carboxylic acids is 3. The number of benzene rings is 3. The molecule has 1 saturated heterocycles. The van der Waals surface area contributed by atoms with Gasteiger partial charge in [-0.3, -0.25) is 9.59 Å². The van der Waals surface area contributed by atoms with Gasteiger partial charge in [0.15, 0.2) is 14.6 Å². The molecule has 1 aromatic heterocycles.